The Morgan fingerprint density at radius 1 is 0.787 bits per heavy atom. The Labute approximate surface area is 560 Å². The van der Waals surface area contributed by atoms with Crippen LogP contribution in [0, 0.1) is 41.4 Å². The molecule has 8 N–H and O–H groups in total. The van der Waals surface area contributed by atoms with Crippen molar-refractivity contribution in [1.82, 2.24) is 30.7 Å². The van der Waals surface area contributed by atoms with E-state index in [0.29, 0.717) is 69.3 Å². The number of ketones is 3. The normalized spacial score (nSPS) is 16.5. The number of hydrogen-bond acceptors (Lipinski definition) is 17. The summed E-state index contributed by atoms with van der Waals surface area (Å²) in [4.78, 5) is 144. The first-order valence-corrected chi connectivity index (χ1v) is 34.1. The maximum atomic E-state index is 14.8. The Hall–Kier alpha value is -7.15. The van der Waals surface area contributed by atoms with Gasteiger partial charge in [-0.2, -0.15) is 0 Å². The number of ether oxygens (including phenoxy) is 4. The van der Waals surface area contributed by atoms with Gasteiger partial charge in [-0.15, -0.1) is 11.3 Å². The maximum absolute atomic E-state index is 14.8. The number of likely N-dealkylation sites (N-methyl/N-ethyl adjacent to an activating group) is 1. The van der Waals surface area contributed by atoms with E-state index in [-0.39, 0.29) is 99.0 Å². The fourth-order valence-corrected chi connectivity index (χ4v) is 13.1. The van der Waals surface area contributed by atoms with Crippen molar-refractivity contribution in [3.8, 4) is 0 Å². The Morgan fingerprint density at radius 2 is 1.46 bits per heavy atom. The number of amides is 7. The Kier molecular flexibility index (Phi) is 33.4. The van der Waals surface area contributed by atoms with E-state index in [1.807, 2.05) is 63.1 Å². The number of thiazole rings is 1. The zero-order valence-electron chi connectivity index (χ0n) is 57.7. The molecular formula is C70H107N9O14S. The molecule has 4 rings (SSSR count). The quantitative estimate of drug-likeness (QED) is 0.0228. The summed E-state index contributed by atoms with van der Waals surface area (Å²) >= 11 is 1.53. The van der Waals surface area contributed by atoms with E-state index in [2.05, 4.69) is 38.4 Å². The predicted octanol–water partition coefficient (Wildman–Crippen LogP) is 8.70. The number of anilines is 1. The lowest BCUT2D eigenvalue weighted by Crippen LogP contribution is -2.55. The summed E-state index contributed by atoms with van der Waals surface area (Å²) in [5.41, 5.74) is 11.5. The monoisotopic (exact) mass is 1330 g/mol. The molecule has 7 amide bonds. The molecule has 24 heteroatoms. The van der Waals surface area contributed by atoms with Gasteiger partial charge in [0.1, 0.15) is 12.4 Å². The molecule has 1 aromatic heterocycles. The molecular weight excluding hydrogens is 1220 g/mol. The minimum absolute atomic E-state index is 0.0339. The number of aromatic nitrogens is 1. The number of carbonyl (C=O) groups is 10. The van der Waals surface area contributed by atoms with Crippen LogP contribution < -0.4 is 32.7 Å². The highest BCUT2D eigenvalue weighted by molar-refractivity contribution is 7.09. The van der Waals surface area contributed by atoms with Crippen LogP contribution in [0.15, 0.2) is 66.2 Å². The van der Waals surface area contributed by atoms with Crippen LogP contribution in [0.3, 0.4) is 0 Å². The highest BCUT2D eigenvalue weighted by atomic mass is 32.1. The van der Waals surface area contributed by atoms with Gasteiger partial charge in [0.25, 0.3) is 0 Å². The van der Waals surface area contributed by atoms with Crippen LogP contribution in [0.1, 0.15) is 168 Å². The second-order valence-electron chi connectivity index (χ2n) is 26.3. The Morgan fingerprint density at radius 3 is 2.04 bits per heavy atom. The van der Waals surface area contributed by atoms with Gasteiger partial charge in [0.15, 0.2) is 11.6 Å². The predicted molar refractivity (Wildman–Crippen MR) is 361 cm³/mol. The van der Waals surface area contributed by atoms with Crippen molar-refractivity contribution in [3.63, 3.8) is 0 Å². The molecule has 0 aliphatic carbocycles. The summed E-state index contributed by atoms with van der Waals surface area (Å²) < 4.78 is 22.6. The largest absolute Gasteiger partial charge is 0.469 e. The Bertz CT molecular complexity index is 2910. The van der Waals surface area contributed by atoms with Gasteiger partial charge in [-0.05, 0) is 106 Å². The molecule has 2 aromatic carbocycles. The van der Waals surface area contributed by atoms with E-state index in [1.54, 1.807) is 77.2 Å². The number of urea groups is 1. The lowest BCUT2D eigenvalue weighted by molar-refractivity contribution is -0.149. The number of hydrogen-bond donors (Lipinski definition) is 6. The molecule has 0 saturated carbocycles. The van der Waals surface area contributed by atoms with E-state index in [0.717, 1.165) is 17.0 Å². The van der Waals surface area contributed by atoms with E-state index < -0.39 is 95.0 Å². The van der Waals surface area contributed by atoms with Crippen molar-refractivity contribution in [3.05, 3.63) is 82.3 Å². The number of Topliss-reactive ketones (excluding diaryl/α,β-unsaturated/α-hetero) is 3. The molecule has 11 atom stereocenters. The number of methoxy groups -OCH3 is 3. The molecule has 1 aliphatic heterocycles. The molecule has 94 heavy (non-hydrogen) atoms. The van der Waals surface area contributed by atoms with Crippen LogP contribution in [-0.2, 0) is 70.3 Å². The second-order valence-corrected chi connectivity index (χ2v) is 27.2. The molecule has 522 valence electrons. The van der Waals surface area contributed by atoms with Crippen LogP contribution in [-0.4, -0.2) is 158 Å². The number of nitrogens with one attached hydrogen (secondary N) is 4. The number of unbranched alkanes of at least 4 members (excludes halogenated alkanes) is 1. The number of primary amides is 1. The van der Waals surface area contributed by atoms with Gasteiger partial charge in [0.2, 0.25) is 23.6 Å². The lowest BCUT2D eigenvalue weighted by atomic mass is 9.83. The van der Waals surface area contributed by atoms with Gasteiger partial charge in [0.05, 0.1) is 60.8 Å². The van der Waals surface area contributed by atoms with Gasteiger partial charge < -0.3 is 61.5 Å². The number of carbonyl (C=O) groups excluding carboxylic acids is 10. The fourth-order valence-electron chi connectivity index (χ4n) is 12.4. The van der Waals surface area contributed by atoms with Gasteiger partial charge in [-0.1, -0.05) is 104 Å². The third-order valence-corrected chi connectivity index (χ3v) is 19.3. The molecule has 0 spiro atoms. The second kappa shape index (κ2) is 39.7. The zero-order chi connectivity index (χ0) is 69.8. The van der Waals surface area contributed by atoms with Crippen molar-refractivity contribution >= 4 is 76.1 Å². The molecule has 1 aliphatic rings. The summed E-state index contributed by atoms with van der Waals surface area (Å²) in [5.74, 6) is -6.68. The molecule has 3 aromatic rings. The molecule has 1 fully saturated rings. The Balaban J connectivity index is 1.38. The molecule has 0 radical (unpaired) electrons. The van der Waals surface area contributed by atoms with E-state index >= 15 is 0 Å². The number of nitrogens with two attached hydrogens (primary N) is 2. The van der Waals surface area contributed by atoms with E-state index in [1.165, 1.54) is 25.6 Å². The van der Waals surface area contributed by atoms with Crippen molar-refractivity contribution in [2.24, 2.45) is 52.9 Å². The first-order chi connectivity index (χ1) is 44.6. The van der Waals surface area contributed by atoms with Crippen molar-refractivity contribution in [1.29, 1.82) is 0 Å². The van der Waals surface area contributed by atoms with Gasteiger partial charge in [-0.25, -0.2) is 14.6 Å². The summed E-state index contributed by atoms with van der Waals surface area (Å²) in [6, 6.07) is 13.8. The summed E-state index contributed by atoms with van der Waals surface area (Å²) in [6.45, 7) is 17.0. The van der Waals surface area contributed by atoms with E-state index in [9.17, 15) is 47.9 Å². The first-order valence-electron chi connectivity index (χ1n) is 33.2. The smallest absolute Gasteiger partial charge is 0.408 e. The van der Waals surface area contributed by atoms with Crippen LogP contribution in [0.25, 0.3) is 0 Å². The SMILES string of the molecule is CC[C@H](C)[C@@H]([C@@H](CC(=O)N1CCC[C@H]1[C@H](OC)[C@@H](C)C(=O)C[C@@H](Cc1ccccc1)c1nccs1)OC)N(C)C(=O)[C@@H](CC(=O)C(C)(C)NC(=O)OCc1ccc(NC(=O)[C@H](CCCNC(N)=O)CC(=O)[C@@H](NC(=O)[C@H](CCCCN)CC(=O)OC)C(C)C)cc1)C(C)C. The number of rotatable bonds is 42. The summed E-state index contributed by atoms with van der Waals surface area (Å²) in [7, 11) is 6.04. The summed E-state index contributed by atoms with van der Waals surface area (Å²) in [6.07, 6.45) is 3.96. The molecule has 0 bridgehead atoms. The number of esters is 1. The minimum Gasteiger partial charge on any atom is -0.469 e. The van der Waals surface area contributed by atoms with Gasteiger partial charge in [-0.3, -0.25) is 38.4 Å². The van der Waals surface area contributed by atoms with Crippen molar-refractivity contribution in [2.75, 3.05) is 53.3 Å². The van der Waals surface area contributed by atoms with Crippen LogP contribution in [0.5, 0.6) is 0 Å². The summed E-state index contributed by atoms with van der Waals surface area (Å²) in [5, 5.41) is 13.7. The maximum Gasteiger partial charge on any atom is 0.408 e. The molecule has 1 saturated heterocycles. The molecule has 0 unspecified atom stereocenters. The standard InChI is InChI=1S/C70H107N9O14S/c1-14-45(6)62(57(90-11)41-59(83)79-34-21-26-54(79)63(92-13)46(7)55(80)38-51(66-73-33-35-94-66)36-47-22-16-15-17-23-47)78(10)67(87)53(43(2)3)40-58(82)70(8,9)77-69(89)93-42-48-27-29-52(30-28-48)75-64(85)49(25-20-32-74-68(72)88)37-56(81)61(44(4)5)76-65(86)50(24-18-19-31-71)39-60(84)91-12/h15-17,22-23,27-30,33,35,43-46,49-51,53-54,57,61-63H,14,18-21,24-26,31-32,34,36-42,71H2,1-13H3,(H,75,85)(H,76,86)(H,77,89)(H3,72,74,88)/t45-,46-,49+,50+,51+,53-,54-,57+,61-,62-,63+/m0/s1. The van der Waals surface area contributed by atoms with Crippen molar-refractivity contribution < 1.29 is 66.9 Å². The number of nitrogens with zero attached hydrogens (tertiary/aromatic N) is 3. The number of alkyl carbamates (subject to hydrolysis) is 1. The zero-order valence-corrected chi connectivity index (χ0v) is 58.5. The average molecular weight is 1330 g/mol. The third kappa shape index (κ3) is 24.6. The fraction of sp³-hybridized carbons (Fsp3) is 0.643. The van der Waals surface area contributed by atoms with Crippen LogP contribution >= 0.6 is 11.3 Å². The van der Waals surface area contributed by atoms with Crippen molar-refractivity contribution in [2.45, 2.75) is 201 Å². The number of likely N-dealkylation sites (tertiary alicyclic amines) is 1. The highest BCUT2D eigenvalue weighted by Gasteiger charge is 2.44. The van der Waals surface area contributed by atoms with E-state index in [4.69, 9.17) is 30.4 Å². The molecule has 23 nitrogen and oxygen atoms in total. The average Bonchev–Trinajstić information content (AvgIpc) is 1.39. The third-order valence-electron chi connectivity index (χ3n) is 18.3. The van der Waals surface area contributed by atoms with Gasteiger partial charge >= 0.3 is 18.1 Å². The molecule has 2 heterocycles. The number of benzene rings is 2. The lowest BCUT2D eigenvalue weighted by Gasteiger charge is -2.41. The first kappa shape index (κ1) is 79.3. The van der Waals surface area contributed by atoms with Gasteiger partial charge in [0, 0.05) is 100 Å². The highest BCUT2D eigenvalue weighted by Crippen LogP contribution is 2.34. The van der Waals surface area contributed by atoms with Crippen LogP contribution in [0.2, 0.25) is 0 Å². The topological polar surface area (TPSA) is 327 Å². The minimum atomic E-state index is -1.47. The van der Waals surface area contributed by atoms with Crippen LogP contribution in [0.4, 0.5) is 15.3 Å².